The predicted octanol–water partition coefficient (Wildman–Crippen LogP) is 1.51. The van der Waals surface area contributed by atoms with Gasteiger partial charge >= 0.3 is 0 Å². The number of benzene rings is 1. The summed E-state index contributed by atoms with van der Waals surface area (Å²) >= 11 is 0. The Bertz CT molecular complexity index is 609. The molecule has 3 rings (SSSR count). The lowest BCUT2D eigenvalue weighted by atomic mass is 10.1. The molecule has 0 aromatic heterocycles. The van der Waals surface area contributed by atoms with Gasteiger partial charge < -0.3 is 5.32 Å². The summed E-state index contributed by atoms with van der Waals surface area (Å²) in [6, 6.07) is 7.98. The highest BCUT2D eigenvalue weighted by Crippen LogP contribution is 2.27. The number of nitrogens with zero attached hydrogens (tertiary/aromatic N) is 1. The molecule has 114 valence electrons. The van der Waals surface area contributed by atoms with Gasteiger partial charge in [-0.2, -0.15) is 4.31 Å². The molecule has 0 spiro atoms. The Hall–Kier alpha value is -1.40. The second-order valence-corrected chi connectivity index (χ2v) is 7.61. The first-order chi connectivity index (χ1) is 10.1. The fraction of sp³-hybridized carbons (Fsp3) is 0.533. The van der Waals surface area contributed by atoms with Crippen LogP contribution in [0.4, 0.5) is 0 Å². The van der Waals surface area contributed by atoms with Crippen molar-refractivity contribution in [3.8, 4) is 0 Å². The number of hydrogen-bond donors (Lipinski definition) is 1. The molecule has 1 aromatic carbocycles. The van der Waals surface area contributed by atoms with Gasteiger partial charge in [0.1, 0.15) is 6.04 Å². The third kappa shape index (κ3) is 2.82. The second-order valence-electron chi connectivity index (χ2n) is 5.72. The van der Waals surface area contributed by atoms with Crippen molar-refractivity contribution in [1.82, 2.24) is 9.62 Å². The Morgan fingerprint density at radius 2 is 1.76 bits per heavy atom. The number of hydrogen-bond acceptors (Lipinski definition) is 3. The van der Waals surface area contributed by atoms with Crippen LogP contribution in [0.5, 0.6) is 0 Å². The number of rotatable bonds is 4. The first-order valence-corrected chi connectivity index (χ1v) is 8.90. The predicted molar refractivity (Wildman–Crippen MR) is 79.1 cm³/mol. The van der Waals surface area contributed by atoms with Gasteiger partial charge in [-0.3, -0.25) is 4.79 Å². The van der Waals surface area contributed by atoms with Crippen molar-refractivity contribution < 1.29 is 13.2 Å². The van der Waals surface area contributed by atoms with Crippen LogP contribution >= 0.6 is 0 Å². The van der Waals surface area contributed by atoms with Crippen molar-refractivity contribution in [2.45, 2.75) is 49.1 Å². The van der Waals surface area contributed by atoms with E-state index in [2.05, 4.69) is 5.32 Å². The van der Waals surface area contributed by atoms with Crippen molar-refractivity contribution in [2.24, 2.45) is 0 Å². The second kappa shape index (κ2) is 5.77. The number of amides is 1. The molecule has 1 heterocycles. The molecular weight excluding hydrogens is 288 g/mol. The van der Waals surface area contributed by atoms with Gasteiger partial charge in [0.2, 0.25) is 15.9 Å². The quantitative estimate of drug-likeness (QED) is 0.917. The number of carbonyl (C=O) groups excluding carboxylic acids is 1. The van der Waals surface area contributed by atoms with Crippen LogP contribution < -0.4 is 5.32 Å². The van der Waals surface area contributed by atoms with Gasteiger partial charge in [-0.15, -0.1) is 0 Å². The molecule has 1 N–H and O–H groups in total. The van der Waals surface area contributed by atoms with E-state index < -0.39 is 16.1 Å². The third-order valence-electron chi connectivity index (χ3n) is 4.32. The van der Waals surface area contributed by atoms with Crippen molar-refractivity contribution in [3.05, 3.63) is 30.3 Å². The van der Waals surface area contributed by atoms with E-state index in [0.717, 1.165) is 25.7 Å². The fourth-order valence-corrected chi connectivity index (χ4v) is 4.66. The summed E-state index contributed by atoms with van der Waals surface area (Å²) in [6.07, 6.45) is 4.89. The highest BCUT2D eigenvalue weighted by atomic mass is 32.2. The van der Waals surface area contributed by atoms with E-state index in [0.29, 0.717) is 13.0 Å². The molecule has 2 fully saturated rings. The molecule has 6 heteroatoms. The first kappa shape index (κ1) is 14.5. The molecule has 1 amide bonds. The SMILES string of the molecule is O=C(NC1CCCC1)[C@H]1CCN1S(=O)(=O)c1ccccc1. The molecule has 0 radical (unpaired) electrons. The molecule has 0 bridgehead atoms. The molecule has 21 heavy (non-hydrogen) atoms. The maximum atomic E-state index is 12.5. The van der Waals surface area contributed by atoms with Gasteiger partial charge in [-0.05, 0) is 31.4 Å². The van der Waals surface area contributed by atoms with E-state index in [1.807, 2.05) is 0 Å². The minimum absolute atomic E-state index is 0.146. The summed E-state index contributed by atoms with van der Waals surface area (Å²) in [7, 11) is -3.56. The van der Waals surface area contributed by atoms with Gasteiger partial charge in [0.15, 0.2) is 0 Å². The summed E-state index contributed by atoms with van der Waals surface area (Å²) < 4.78 is 26.3. The number of nitrogens with one attached hydrogen (secondary N) is 1. The van der Waals surface area contributed by atoms with Crippen molar-refractivity contribution >= 4 is 15.9 Å². The third-order valence-corrected chi connectivity index (χ3v) is 6.25. The Morgan fingerprint density at radius 1 is 1.10 bits per heavy atom. The summed E-state index contributed by atoms with van der Waals surface area (Å²) in [5.74, 6) is -0.146. The molecule has 1 atom stereocenters. The molecule has 2 aliphatic rings. The van der Waals surface area contributed by atoms with Gasteiger partial charge in [0, 0.05) is 12.6 Å². The Labute approximate surface area is 125 Å². The van der Waals surface area contributed by atoms with Crippen LogP contribution in [0.2, 0.25) is 0 Å². The maximum absolute atomic E-state index is 12.5. The molecule has 1 aliphatic carbocycles. The first-order valence-electron chi connectivity index (χ1n) is 7.46. The van der Waals surface area contributed by atoms with Crippen molar-refractivity contribution in [3.63, 3.8) is 0 Å². The molecule has 5 nitrogen and oxygen atoms in total. The van der Waals surface area contributed by atoms with E-state index in [9.17, 15) is 13.2 Å². The van der Waals surface area contributed by atoms with E-state index in [1.54, 1.807) is 30.3 Å². The van der Waals surface area contributed by atoms with Crippen LogP contribution in [0.1, 0.15) is 32.1 Å². The van der Waals surface area contributed by atoms with Crippen LogP contribution in [-0.2, 0) is 14.8 Å². The Morgan fingerprint density at radius 3 is 2.33 bits per heavy atom. The van der Waals surface area contributed by atoms with Crippen molar-refractivity contribution in [1.29, 1.82) is 0 Å². The number of sulfonamides is 1. The lowest BCUT2D eigenvalue weighted by molar-refractivity contribution is -0.128. The zero-order valence-electron chi connectivity index (χ0n) is 11.9. The van der Waals surface area contributed by atoms with Crippen molar-refractivity contribution in [2.75, 3.05) is 6.54 Å². The normalized spacial score (nSPS) is 23.7. The fourth-order valence-electron chi connectivity index (χ4n) is 3.01. The Kier molecular flexibility index (Phi) is 3.99. The van der Waals surface area contributed by atoms with Crippen LogP contribution in [0.25, 0.3) is 0 Å². The molecular formula is C15H20N2O3S. The summed E-state index contributed by atoms with van der Waals surface area (Å²) in [6.45, 7) is 0.417. The lowest BCUT2D eigenvalue weighted by Crippen LogP contribution is -2.59. The highest BCUT2D eigenvalue weighted by molar-refractivity contribution is 7.89. The zero-order valence-corrected chi connectivity index (χ0v) is 12.7. The van der Waals surface area contributed by atoms with E-state index in [4.69, 9.17) is 0 Å². The van der Waals surface area contributed by atoms with E-state index >= 15 is 0 Å². The van der Waals surface area contributed by atoms with Gasteiger partial charge in [-0.25, -0.2) is 8.42 Å². The van der Waals surface area contributed by atoms with Crippen LogP contribution in [0.3, 0.4) is 0 Å². The molecule has 1 saturated carbocycles. The standard InChI is InChI=1S/C15H20N2O3S/c18-15(16-12-6-4-5-7-12)14-10-11-17(14)21(19,20)13-8-2-1-3-9-13/h1-3,8-9,12,14H,4-7,10-11H2,(H,16,18)/t14-/m1/s1. The lowest BCUT2D eigenvalue weighted by Gasteiger charge is -2.38. The summed E-state index contributed by atoms with van der Waals surface area (Å²) in [4.78, 5) is 12.5. The summed E-state index contributed by atoms with van der Waals surface area (Å²) in [5.41, 5.74) is 0. The average molecular weight is 308 g/mol. The highest BCUT2D eigenvalue weighted by Gasteiger charge is 2.43. The van der Waals surface area contributed by atoms with E-state index in [-0.39, 0.29) is 16.8 Å². The van der Waals surface area contributed by atoms with Crippen LogP contribution in [0.15, 0.2) is 35.2 Å². The minimum atomic E-state index is -3.56. The average Bonchev–Trinajstić information content (AvgIpc) is 2.90. The van der Waals surface area contributed by atoms with Gasteiger partial charge in [0.05, 0.1) is 4.90 Å². The smallest absolute Gasteiger partial charge is 0.243 e. The molecule has 1 aliphatic heterocycles. The Balaban J connectivity index is 1.70. The van der Waals surface area contributed by atoms with E-state index in [1.165, 1.54) is 4.31 Å². The minimum Gasteiger partial charge on any atom is -0.352 e. The zero-order chi connectivity index (χ0) is 14.9. The number of carbonyl (C=O) groups is 1. The van der Waals surface area contributed by atoms with Crippen LogP contribution in [0, 0.1) is 0 Å². The maximum Gasteiger partial charge on any atom is 0.243 e. The van der Waals surface area contributed by atoms with Gasteiger partial charge in [0.25, 0.3) is 0 Å². The van der Waals surface area contributed by atoms with Gasteiger partial charge in [-0.1, -0.05) is 31.0 Å². The molecule has 1 saturated heterocycles. The molecule has 1 aromatic rings. The van der Waals surface area contributed by atoms with Crippen LogP contribution in [-0.4, -0.2) is 37.3 Å². The summed E-state index contributed by atoms with van der Waals surface area (Å²) in [5, 5.41) is 2.99. The molecule has 0 unspecified atom stereocenters. The largest absolute Gasteiger partial charge is 0.352 e. The monoisotopic (exact) mass is 308 g/mol. The topological polar surface area (TPSA) is 66.5 Å².